The highest BCUT2D eigenvalue weighted by Gasteiger charge is 2.64. The maximum absolute atomic E-state index is 12.0. The van der Waals surface area contributed by atoms with Gasteiger partial charge in [-0.15, -0.1) is 0 Å². The molecule has 0 heterocycles. The number of ether oxygens (including phenoxy) is 1. The molecule has 2 rings (SSSR count). The first kappa shape index (κ1) is 17.8. The summed E-state index contributed by atoms with van der Waals surface area (Å²) in [6.07, 6.45) is 9.49. The van der Waals surface area contributed by atoms with Crippen molar-refractivity contribution in [3.8, 4) is 5.75 Å². The molecule has 1 fully saturated rings. The predicted molar refractivity (Wildman–Crippen MR) is 94.3 cm³/mol. The van der Waals surface area contributed by atoms with Gasteiger partial charge in [-0.2, -0.15) is 0 Å². The summed E-state index contributed by atoms with van der Waals surface area (Å²) in [6, 6.07) is 9.58. The molecule has 0 saturated heterocycles. The Balaban J connectivity index is 1.91. The van der Waals surface area contributed by atoms with E-state index in [4.69, 9.17) is 10.5 Å². The van der Waals surface area contributed by atoms with Crippen LogP contribution >= 0.6 is 0 Å². The van der Waals surface area contributed by atoms with Gasteiger partial charge in [0, 0.05) is 12.3 Å². The number of para-hydroxylation sites is 1. The molecular formula is C20H31NO2. The van der Waals surface area contributed by atoms with E-state index in [2.05, 4.69) is 13.8 Å². The molecule has 0 spiro atoms. The predicted octanol–water partition coefficient (Wildman–Crippen LogP) is 4.70. The summed E-state index contributed by atoms with van der Waals surface area (Å²) in [5.74, 6) is 1.24. The van der Waals surface area contributed by atoms with E-state index >= 15 is 0 Å². The van der Waals surface area contributed by atoms with E-state index in [1.807, 2.05) is 30.3 Å². The lowest BCUT2D eigenvalue weighted by molar-refractivity contribution is -0.127. The third-order valence-corrected chi connectivity index (χ3v) is 5.19. The molecule has 3 atom stereocenters. The van der Waals surface area contributed by atoms with E-state index in [1.54, 1.807) is 0 Å². The third-order valence-electron chi connectivity index (χ3n) is 5.19. The minimum atomic E-state index is -0.772. The number of carbonyl (C=O) groups is 1. The molecule has 3 unspecified atom stereocenters. The van der Waals surface area contributed by atoms with E-state index in [0.717, 1.165) is 18.6 Å². The summed E-state index contributed by atoms with van der Waals surface area (Å²) in [4.78, 5) is 12.0. The minimum absolute atomic E-state index is 0.274. The highest BCUT2D eigenvalue weighted by atomic mass is 16.5. The molecule has 0 bridgehead atoms. The molecule has 2 N–H and O–H groups in total. The number of primary amides is 1. The van der Waals surface area contributed by atoms with Gasteiger partial charge in [0.15, 0.2) is 5.60 Å². The number of rotatable bonds is 11. The number of hydrogen-bond acceptors (Lipinski definition) is 2. The van der Waals surface area contributed by atoms with Gasteiger partial charge in [0.05, 0.1) is 0 Å². The van der Waals surface area contributed by atoms with Crippen molar-refractivity contribution in [1.29, 1.82) is 0 Å². The van der Waals surface area contributed by atoms with Crippen molar-refractivity contribution in [2.45, 2.75) is 70.8 Å². The van der Waals surface area contributed by atoms with E-state index in [0.29, 0.717) is 5.92 Å². The molecule has 3 heteroatoms. The fraction of sp³-hybridized carbons (Fsp3) is 0.650. The molecule has 128 valence electrons. The van der Waals surface area contributed by atoms with Gasteiger partial charge in [0.2, 0.25) is 0 Å². The minimum Gasteiger partial charge on any atom is -0.477 e. The van der Waals surface area contributed by atoms with Crippen LogP contribution in [0.25, 0.3) is 0 Å². The van der Waals surface area contributed by atoms with Crippen molar-refractivity contribution in [2.24, 2.45) is 17.6 Å². The second-order valence-corrected chi connectivity index (χ2v) is 6.85. The van der Waals surface area contributed by atoms with Crippen molar-refractivity contribution >= 4 is 5.91 Å². The van der Waals surface area contributed by atoms with Gasteiger partial charge < -0.3 is 10.5 Å². The van der Waals surface area contributed by atoms with Crippen molar-refractivity contribution in [3.05, 3.63) is 30.3 Å². The number of carbonyl (C=O) groups excluding carboxylic acids is 1. The van der Waals surface area contributed by atoms with Crippen LogP contribution in [0.15, 0.2) is 30.3 Å². The van der Waals surface area contributed by atoms with Crippen LogP contribution in [-0.2, 0) is 4.79 Å². The van der Waals surface area contributed by atoms with Gasteiger partial charge in [-0.05, 0) is 18.1 Å². The maximum atomic E-state index is 12.0. The molecule has 1 aliphatic carbocycles. The fourth-order valence-corrected chi connectivity index (χ4v) is 3.66. The average Bonchev–Trinajstić information content (AvgIpc) is 3.27. The molecule has 1 amide bonds. The molecular weight excluding hydrogens is 286 g/mol. The SMILES string of the molecule is CCCCCCCC(CC)C1CC1(Oc1ccccc1)C(N)=O. The Kier molecular flexibility index (Phi) is 6.49. The Morgan fingerprint density at radius 2 is 1.91 bits per heavy atom. The van der Waals surface area contributed by atoms with Crippen LogP contribution in [0.5, 0.6) is 5.75 Å². The van der Waals surface area contributed by atoms with Gasteiger partial charge in [-0.3, -0.25) is 4.79 Å². The Bertz CT molecular complexity index is 488. The van der Waals surface area contributed by atoms with Crippen LogP contribution in [0.4, 0.5) is 0 Å². The first-order valence-corrected chi connectivity index (χ1v) is 9.18. The Morgan fingerprint density at radius 3 is 2.52 bits per heavy atom. The van der Waals surface area contributed by atoms with Crippen molar-refractivity contribution < 1.29 is 9.53 Å². The summed E-state index contributed by atoms with van der Waals surface area (Å²) in [5.41, 5.74) is 4.92. The normalized spacial score (nSPS) is 24.2. The molecule has 3 nitrogen and oxygen atoms in total. The van der Waals surface area contributed by atoms with Crippen molar-refractivity contribution in [2.75, 3.05) is 0 Å². The van der Waals surface area contributed by atoms with Crippen LogP contribution in [0, 0.1) is 11.8 Å². The molecule has 1 aromatic rings. The third kappa shape index (κ3) is 4.49. The summed E-state index contributed by atoms with van der Waals surface area (Å²) >= 11 is 0. The number of hydrogen-bond donors (Lipinski definition) is 1. The van der Waals surface area contributed by atoms with Gasteiger partial charge in [-0.1, -0.05) is 77.0 Å². The lowest BCUT2D eigenvalue weighted by Gasteiger charge is -2.21. The lowest BCUT2D eigenvalue weighted by atomic mass is 9.91. The molecule has 23 heavy (non-hydrogen) atoms. The fourth-order valence-electron chi connectivity index (χ4n) is 3.66. The van der Waals surface area contributed by atoms with Gasteiger partial charge in [0.1, 0.15) is 5.75 Å². The molecule has 0 radical (unpaired) electrons. The molecule has 1 aliphatic rings. The Morgan fingerprint density at radius 1 is 1.22 bits per heavy atom. The monoisotopic (exact) mass is 317 g/mol. The number of nitrogens with two attached hydrogens (primary N) is 1. The number of amides is 1. The van der Waals surface area contributed by atoms with E-state index in [9.17, 15) is 4.79 Å². The quantitative estimate of drug-likeness (QED) is 0.602. The van der Waals surface area contributed by atoms with Crippen LogP contribution < -0.4 is 10.5 Å². The van der Waals surface area contributed by atoms with E-state index < -0.39 is 5.60 Å². The smallest absolute Gasteiger partial charge is 0.261 e. The Labute approximate surface area is 140 Å². The van der Waals surface area contributed by atoms with Crippen LogP contribution in [0.2, 0.25) is 0 Å². The molecule has 0 aromatic heterocycles. The summed E-state index contributed by atoms with van der Waals surface area (Å²) < 4.78 is 6.04. The van der Waals surface area contributed by atoms with Crippen LogP contribution in [-0.4, -0.2) is 11.5 Å². The molecule has 1 aromatic carbocycles. The van der Waals surface area contributed by atoms with E-state index in [-0.39, 0.29) is 11.8 Å². The van der Waals surface area contributed by atoms with Crippen molar-refractivity contribution in [3.63, 3.8) is 0 Å². The summed E-state index contributed by atoms with van der Waals surface area (Å²) in [6.45, 7) is 4.45. The Hall–Kier alpha value is -1.51. The average molecular weight is 317 g/mol. The van der Waals surface area contributed by atoms with E-state index in [1.165, 1.54) is 38.5 Å². The molecule has 1 saturated carbocycles. The highest BCUT2D eigenvalue weighted by molar-refractivity contribution is 5.87. The largest absolute Gasteiger partial charge is 0.477 e. The standard InChI is InChI=1S/C20H31NO2/c1-3-5-6-7-9-12-16(4-2)18-15-20(18,19(21)22)23-17-13-10-8-11-14-17/h8,10-11,13-14,16,18H,3-7,9,12,15H2,1-2H3,(H2,21,22). The molecule has 0 aliphatic heterocycles. The number of benzene rings is 1. The van der Waals surface area contributed by atoms with Crippen LogP contribution in [0.1, 0.15) is 65.2 Å². The summed E-state index contributed by atoms with van der Waals surface area (Å²) in [7, 11) is 0. The zero-order chi connectivity index (χ0) is 16.7. The van der Waals surface area contributed by atoms with Crippen molar-refractivity contribution in [1.82, 2.24) is 0 Å². The topological polar surface area (TPSA) is 52.3 Å². The zero-order valence-corrected chi connectivity index (χ0v) is 14.6. The summed E-state index contributed by atoms with van der Waals surface area (Å²) in [5, 5.41) is 0. The second kappa shape index (κ2) is 8.37. The second-order valence-electron chi connectivity index (χ2n) is 6.85. The zero-order valence-electron chi connectivity index (χ0n) is 14.6. The van der Waals surface area contributed by atoms with Crippen LogP contribution in [0.3, 0.4) is 0 Å². The highest BCUT2D eigenvalue weighted by Crippen LogP contribution is 2.53. The first-order chi connectivity index (χ1) is 11.1. The van der Waals surface area contributed by atoms with Gasteiger partial charge in [-0.25, -0.2) is 0 Å². The van der Waals surface area contributed by atoms with Gasteiger partial charge >= 0.3 is 0 Å². The van der Waals surface area contributed by atoms with Gasteiger partial charge in [0.25, 0.3) is 5.91 Å². The number of unbranched alkanes of at least 4 members (excludes halogenated alkanes) is 4. The lowest BCUT2D eigenvalue weighted by Crippen LogP contribution is -2.39. The first-order valence-electron chi connectivity index (χ1n) is 9.18. The maximum Gasteiger partial charge on any atom is 0.261 e.